The number of fused-ring (bicyclic) bond motifs is 1. The van der Waals surface area contributed by atoms with Gasteiger partial charge in [-0.2, -0.15) is 0 Å². The van der Waals surface area contributed by atoms with Gasteiger partial charge in [0, 0.05) is 4.88 Å². The Balaban J connectivity index is 2.07. The van der Waals surface area contributed by atoms with Gasteiger partial charge in [0.05, 0.1) is 6.04 Å². The van der Waals surface area contributed by atoms with Gasteiger partial charge in [-0.25, -0.2) is 0 Å². The molecule has 0 saturated heterocycles. The Morgan fingerprint density at radius 3 is 2.50 bits per heavy atom. The Kier molecular flexibility index (Phi) is 3.13. The average molecular weight is 253 g/mol. The lowest BCUT2D eigenvalue weighted by Crippen LogP contribution is -2.16. The quantitative estimate of drug-likeness (QED) is 0.737. The van der Waals surface area contributed by atoms with Gasteiger partial charge in [-0.3, -0.25) is 0 Å². The summed E-state index contributed by atoms with van der Waals surface area (Å²) in [5.74, 6) is 0. The Labute approximate surface area is 111 Å². The maximum absolute atomic E-state index is 3.40. The third-order valence-corrected chi connectivity index (χ3v) is 4.16. The number of nitrogens with one attached hydrogen (secondary N) is 1. The predicted octanol–water partition coefficient (Wildman–Crippen LogP) is 4.21. The molecule has 0 radical (unpaired) electrons. The van der Waals surface area contributed by atoms with Crippen LogP contribution in [0.4, 0.5) is 0 Å². The van der Waals surface area contributed by atoms with E-state index in [2.05, 4.69) is 65.3 Å². The highest BCUT2D eigenvalue weighted by Gasteiger charge is 2.12. The van der Waals surface area contributed by atoms with Crippen LogP contribution in [0.25, 0.3) is 10.8 Å². The second kappa shape index (κ2) is 4.92. The molecule has 1 atom stereocenters. The molecule has 18 heavy (non-hydrogen) atoms. The van der Waals surface area contributed by atoms with E-state index in [1.165, 1.54) is 21.2 Å². The maximum Gasteiger partial charge on any atom is 0.0668 e. The molecule has 0 bridgehead atoms. The molecule has 0 aliphatic carbocycles. The van der Waals surface area contributed by atoms with Crippen LogP contribution in [-0.4, -0.2) is 7.05 Å². The molecule has 1 aromatic heterocycles. The summed E-state index contributed by atoms with van der Waals surface area (Å²) in [5.41, 5.74) is 1.32. The van der Waals surface area contributed by atoms with E-state index in [-0.39, 0.29) is 6.04 Å². The fourth-order valence-corrected chi connectivity index (χ4v) is 3.18. The van der Waals surface area contributed by atoms with Gasteiger partial charge in [0.1, 0.15) is 0 Å². The second-order valence-corrected chi connectivity index (χ2v) is 5.32. The Morgan fingerprint density at radius 1 is 0.944 bits per heavy atom. The van der Waals surface area contributed by atoms with E-state index in [1.807, 2.05) is 7.05 Å². The van der Waals surface area contributed by atoms with Crippen molar-refractivity contribution in [3.8, 4) is 0 Å². The molecule has 0 fully saturated rings. The minimum atomic E-state index is 0.287. The lowest BCUT2D eigenvalue weighted by atomic mass is 10.0. The third-order valence-electron chi connectivity index (χ3n) is 3.22. The zero-order valence-electron chi connectivity index (χ0n) is 10.3. The van der Waals surface area contributed by atoms with Gasteiger partial charge in [-0.05, 0) is 40.9 Å². The molecule has 0 aliphatic heterocycles. The van der Waals surface area contributed by atoms with Gasteiger partial charge in [-0.15, -0.1) is 11.3 Å². The maximum atomic E-state index is 3.40. The van der Waals surface area contributed by atoms with Gasteiger partial charge < -0.3 is 5.32 Å². The highest BCUT2D eigenvalue weighted by atomic mass is 32.1. The first-order chi connectivity index (χ1) is 8.88. The molecule has 1 unspecified atom stereocenters. The van der Waals surface area contributed by atoms with Crippen LogP contribution >= 0.6 is 11.3 Å². The van der Waals surface area contributed by atoms with Gasteiger partial charge in [0.15, 0.2) is 0 Å². The first-order valence-corrected chi connectivity index (χ1v) is 6.96. The fraction of sp³-hybridized carbons (Fsp3) is 0.125. The van der Waals surface area contributed by atoms with Crippen molar-refractivity contribution in [2.45, 2.75) is 6.04 Å². The SMILES string of the molecule is CNC(c1ccc2ccccc2c1)c1cccs1. The molecule has 2 heteroatoms. The Hall–Kier alpha value is -1.64. The predicted molar refractivity (Wildman–Crippen MR) is 79.2 cm³/mol. The lowest BCUT2D eigenvalue weighted by Gasteiger charge is -2.15. The van der Waals surface area contributed by atoms with Crippen molar-refractivity contribution in [2.24, 2.45) is 0 Å². The standard InChI is InChI=1S/C16H15NS/c1-17-16(15-7-4-10-18-15)14-9-8-12-5-2-3-6-13(12)11-14/h2-11,16-17H,1H3. The fourth-order valence-electron chi connectivity index (χ4n) is 2.32. The largest absolute Gasteiger partial charge is 0.309 e. The van der Waals surface area contributed by atoms with Crippen molar-refractivity contribution in [1.82, 2.24) is 5.32 Å². The topological polar surface area (TPSA) is 12.0 Å². The van der Waals surface area contributed by atoms with E-state index in [0.29, 0.717) is 0 Å². The smallest absolute Gasteiger partial charge is 0.0668 e. The van der Waals surface area contributed by atoms with Crippen LogP contribution in [0, 0.1) is 0 Å². The van der Waals surface area contributed by atoms with E-state index in [0.717, 1.165) is 0 Å². The van der Waals surface area contributed by atoms with E-state index in [1.54, 1.807) is 11.3 Å². The highest BCUT2D eigenvalue weighted by molar-refractivity contribution is 7.10. The van der Waals surface area contributed by atoms with Crippen molar-refractivity contribution in [2.75, 3.05) is 7.05 Å². The molecule has 3 aromatic rings. The molecule has 1 heterocycles. The first-order valence-electron chi connectivity index (χ1n) is 6.08. The molecule has 90 valence electrons. The lowest BCUT2D eigenvalue weighted by molar-refractivity contribution is 0.705. The normalized spacial score (nSPS) is 12.7. The Bertz CT molecular complexity index is 643. The van der Waals surface area contributed by atoms with Crippen LogP contribution in [0.1, 0.15) is 16.5 Å². The Morgan fingerprint density at radius 2 is 1.78 bits per heavy atom. The summed E-state index contributed by atoms with van der Waals surface area (Å²) in [6, 6.07) is 19.7. The van der Waals surface area contributed by atoms with Gasteiger partial charge >= 0.3 is 0 Å². The zero-order valence-corrected chi connectivity index (χ0v) is 11.1. The van der Waals surface area contributed by atoms with E-state index >= 15 is 0 Å². The van der Waals surface area contributed by atoms with Crippen molar-refractivity contribution < 1.29 is 0 Å². The van der Waals surface area contributed by atoms with Crippen LogP contribution in [0.5, 0.6) is 0 Å². The van der Waals surface area contributed by atoms with Crippen LogP contribution in [0.2, 0.25) is 0 Å². The van der Waals surface area contributed by atoms with Crippen LogP contribution in [0.3, 0.4) is 0 Å². The van der Waals surface area contributed by atoms with E-state index in [9.17, 15) is 0 Å². The molecule has 0 saturated carbocycles. The zero-order chi connectivity index (χ0) is 12.4. The average Bonchev–Trinajstić information content (AvgIpc) is 2.93. The second-order valence-electron chi connectivity index (χ2n) is 4.34. The third kappa shape index (κ3) is 2.05. The monoisotopic (exact) mass is 253 g/mol. The summed E-state index contributed by atoms with van der Waals surface area (Å²) in [7, 11) is 2.01. The van der Waals surface area contributed by atoms with Crippen molar-refractivity contribution in [3.05, 3.63) is 70.4 Å². The molecular weight excluding hydrogens is 238 g/mol. The van der Waals surface area contributed by atoms with Crippen molar-refractivity contribution >= 4 is 22.1 Å². The number of hydrogen-bond acceptors (Lipinski definition) is 2. The van der Waals surface area contributed by atoms with Crippen LogP contribution in [-0.2, 0) is 0 Å². The first kappa shape index (κ1) is 11.5. The number of benzene rings is 2. The summed E-state index contributed by atoms with van der Waals surface area (Å²) in [4.78, 5) is 1.35. The summed E-state index contributed by atoms with van der Waals surface area (Å²) in [5, 5.41) is 8.11. The number of thiophene rings is 1. The van der Waals surface area contributed by atoms with Crippen LogP contribution < -0.4 is 5.32 Å². The molecule has 0 spiro atoms. The van der Waals surface area contributed by atoms with Crippen molar-refractivity contribution in [3.63, 3.8) is 0 Å². The van der Waals surface area contributed by atoms with Crippen LogP contribution in [0.15, 0.2) is 60.0 Å². The van der Waals surface area contributed by atoms with E-state index < -0.39 is 0 Å². The van der Waals surface area contributed by atoms with Crippen molar-refractivity contribution in [1.29, 1.82) is 0 Å². The molecular formula is C16H15NS. The molecule has 0 aliphatic rings. The molecule has 0 amide bonds. The molecule has 1 nitrogen and oxygen atoms in total. The summed E-state index contributed by atoms with van der Waals surface area (Å²) < 4.78 is 0. The molecule has 3 rings (SSSR count). The molecule has 2 aromatic carbocycles. The minimum absolute atomic E-state index is 0.287. The highest BCUT2D eigenvalue weighted by Crippen LogP contribution is 2.27. The number of hydrogen-bond donors (Lipinski definition) is 1. The van der Waals surface area contributed by atoms with Gasteiger partial charge in [0.25, 0.3) is 0 Å². The minimum Gasteiger partial charge on any atom is -0.309 e. The van der Waals surface area contributed by atoms with E-state index in [4.69, 9.17) is 0 Å². The summed E-state index contributed by atoms with van der Waals surface area (Å²) in [6.07, 6.45) is 0. The van der Waals surface area contributed by atoms with Gasteiger partial charge in [0.2, 0.25) is 0 Å². The summed E-state index contributed by atoms with van der Waals surface area (Å²) >= 11 is 1.79. The number of rotatable bonds is 3. The van der Waals surface area contributed by atoms with Gasteiger partial charge in [-0.1, -0.05) is 42.5 Å². The summed E-state index contributed by atoms with van der Waals surface area (Å²) in [6.45, 7) is 0. The molecule has 1 N–H and O–H groups in total.